The Labute approximate surface area is 125 Å². The SMILES string of the molecule is CCCCCCC(C)OC(CN)c1ccccc1Br. The molecule has 2 nitrogen and oxygen atoms in total. The van der Waals surface area contributed by atoms with E-state index < -0.39 is 0 Å². The zero-order chi connectivity index (χ0) is 14.1. The molecule has 1 aromatic rings. The maximum atomic E-state index is 6.09. The van der Waals surface area contributed by atoms with E-state index in [1.54, 1.807) is 0 Å². The van der Waals surface area contributed by atoms with Crippen molar-refractivity contribution in [2.45, 2.75) is 58.2 Å². The predicted molar refractivity (Wildman–Crippen MR) is 85.2 cm³/mol. The number of hydrogen-bond donors (Lipinski definition) is 1. The molecule has 0 fully saturated rings. The van der Waals surface area contributed by atoms with Crippen LogP contribution in [0.15, 0.2) is 28.7 Å². The Balaban J connectivity index is 2.46. The lowest BCUT2D eigenvalue weighted by atomic mass is 10.1. The van der Waals surface area contributed by atoms with Gasteiger partial charge in [0.2, 0.25) is 0 Å². The highest BCUT2D eigenvalue weighted by molar-refractivity contribution is 9.10. The molecule has 1 rings (SSSR count). The van der Waals surface area contributed by atoms with E-state index >= 15 is 0 Å². The Bertz CT molecular complexity index is 356. The van der Waals surface area contributed by atoms with Crippen LogP contribution in [0.5, 0.6) is 0 Å². The van der Waals surface area contributed by atoms with Gasteiger partial charge in [-0.3, -0.25) is 0 Å². The van der Waals surface area contributed by atoms with Gasteiger partial charge in [0, 0.05) is 11.0 Å². The van der Waals surface area contributed by atoms with Crippen LogP contribution in [0, 0.1) is 0 Å². The van der Waals surface area contributed by atoms with Gasteiger partial charge < -0.3 is 10.5 Å². The molecule has 2 atom stereocenters. The molecule has 0 aromatic heterocycles. The van der Waals surface area contributed by atoms with E-state index in [1.807, 2.05) is 18.2 Å². The summed E-state index contributed by atoms with van der Waals surface area (Å²) in [6.07, 6.45) is 6.49. The zero-order valence-corrected chi connectivity index (χ0v) is 13.7. The highest BCUT2D eigenvalue weighted by Gasteiger charge is 2.16. The minimum absolute atomic E-state index is 0.0169. The molecule has 0 spiro atoms. The molecule has 108 valence electrons. The molecule has 19 heavy (non-hydrogen) atoms. The number of halogens is 1. The van der Waals surface area contributed by atoms with Gasteiger partial charge in [-0.05, 0) is 25.0 Å². The first kappa shape index (κ1) is 16.7. The molecular formula is C16H26BrNO. The standard InChI is InChI=1S/C16H26BrNO/c1-3-4-5-6-9-13(2)19-16(12-18)14-10-7-8-11-15(14)17/h7-8,10-11,13,16H,3-6,9,12,18H2,1-2H3. The summed E-state index contributed by atoms with van der Waals surface area (Å²) in [5.41, 5.74) is 7.00. The molecule has 0 radical (unpaired) electrons. The third kappa shape index (κ3) is 6.07. The summed E-state index contributed by atoms with van der Waals surface area (Å²) in [5.74, 6) is 0. The van der Waals surface area contributed by atoms with E-state index in [1.165, 1.54) is 25.7 Å². The van der Waals surface area contributed by atoms with Crippen LogP contribution in [0.2, 0.25) is 0 Å². The smallest absolute Gasteiger partial charge is 0.0961 e. The lowest BCUT2D eigenvalue weighted by molar-refractivity contribution is -0.00409. The van der Waals surface area contributed by atoms with Gasteiger partial charge in [-0.15, -0.1) is 0 Å². The second-order valence-corrected chi connectivity index (χ2v) is 5.90. The van der Waals surface area contributed by atoms with Gasteiger partial charge in [0.05, 0.1) is 12.2 Å². The van der Waals surface area contributed by atoms with Gasteiger partial charge in [0.1, 0.15) is 0 Å². The number of ether oxygens (including phenoxy) is 1. The van der Waals surface area contributed by atoms with E-state index in [0.717, 1.165) is 16.5 Å². The van der Waals surface area contributed by atoms with Crippen molar-refractivity contribution in [1.29, 1.82) is 0 Å². The molecule has 0 amide bonds. The van der Waals surface area contributed by atoms with E-state index in [0.29, 0.717) is 6.54 Å². The lowest BCUT2D eigenvalue weighted by Crippen LogP contribution is -2.21. The van der Waals surface area contributed by atoms with Gasteiger partial charge in [-0.25, -0.2) is 0 Å². The fourth-order valence-corrected chi connectivity index (χ4v) is 2.74. The Hall–Kier alpha value is -0.380. The van der Waals surface area contributed by atoms with E-state index in [2.05, 4.69) is 35.8 Å². The van der Waals surface area contributed by atoms with Gasteiger partial charge >= 0.3 is 0 Å². The fraction of sp³-hybridized carbons (Fsp3) is 0.625. The molecule has 0 bridgehead atoms. The third-order valence-electron chi connectivity index (χ3n) is 3.33. The highest BCUT2D eigenvalue weighted by Crippen LogP contribution is 2.27. The lowest BCUT2D eigenvalue weighted by Gasteiger charge is -2.22. The van der Waals surface area contributed by atoms with Gasteiger partial charge in [-0.1, -0.05) is 66.7 Å². The quantitative estimate of drug-likeness (QED) is 0.659. The largest absolute Gasteiger partial charge is 0.369 e. The second kappa shape index (κ2) is 9.51. The molecule has 0 aliphatic heterocycles. The Morgan fingerprint density at radius 3 is 2.58 bits per heavy atom. The minimum atomic E-state index is -0.0169. The molecule has 0 saturated carbocycles. The van der Waals surface area contributed by atoms with Crippen molar-refractivity contribution in [3.8, 4) is 0 Å². The molecule has 0 saturated heterocycles. The first-order chi connectivity index (χ1) is 9.19. The molecule has 0 aliphatic carbocycles. The molecule has 3 heteroatoms. The van der Waals surface area contributed by atoms with Crippen LogP contribution in [0.25, 0.3) is 0 Å². The average molecular weight is 328 g/mol. The van der Waals surface area contributed by atoms with Gasteiger partial charge in [0.15, 0.2) is 0 Å². The maximum absolute atomic E-state index is 6.09. The van der Waals surface area contributed by atoms with Crippen LogP contribution >= 0.6 is 15.9 Å². The third-order valence-corrected chi connectivity index (χ3v) is 4.05. The van der Waals surface area contributed by atoms with Gasteiger partial charge in [-0.2, -0.15) is 0 Å². The van der Waals surface area contributed by atoms with Crippen LogP contribution < -0.4 is 5.73 Å². The predicted octanol–water partition coefficient (Wildman–Crippen LogP) is 4.82. The highest BCUT2D eigenvalue weighted by atomic mass is 79.9. The van der Waals surface area contributed by atoms with Crippen LogP contribution in [-0.4, -0.2) is 12.6 Å². The second-order valence-electron chi connectivity index (χ2n) is 5.04. The summed E-state index contributed by atoms with van der Waals surface area (Å²) in [7, 11) is 0. The number of nitrogens with two attached hydrogens (primary N) is 1. The van der Waals surface area contributed by atoms with Gasteiger partial charge in [0.25, 0.3) is 0 Å². The Morgan fingerprint density at radius 1 is 1.21 bits per heavy atom. The molecule has 0 aliphatic rings. The van der Waals surface area contributed by atoms with Crippen molar-refractivity contribution in [1.82, 2.24) is 0 Å². The summed E-state index contributed by atoms with van der Waals surface area (Å²) in [5, 5.41) is 0. The van der Waals surface area contributed by atoms with E-state index in [-0.39, 0.29) is 12.2 Å². The van der Waals surface area contributed by atoms with Crippen molar-refractivity contribution >= 4 is 15.9 Å². The number of unbranched alkanes of at least 4 members (excludes halogenated alkanes) is 3. The molecular weight excluding hydrogens is 302 g/mol. The number of rotatable bonds is 9. The van der Waals surface area contributed by atoms with E-state index in [9.17, 15) is 0 Å². The van der Waals surface area contributed by atoms with E-state index in [4.69, 9.17) is 10.5 Å². The Morgan fingerprint density at radius 2 is 1.95 bits per heavy atom. The van der Waals surface area contributed by atoms with Crippen molar-refractivity contribution in [3.63, 3.8) is 0 Å². The summed E-state index contributed by atoms with van der Waals surface area (Å²) >= 11 is 3.57. The van der Waals surface area contributed by atoms with Crippen molar-refractivity contribution in [2.24, 2.45) is 5.73 Å². The van der Waals surface area contributed by atoms with Crippen molar-refractivity contribution in [3.05, 3.63) is 34.3 Å². The monoisotopic (exact) mass is 327 g/mol. The molecule has 2 N–H and O–H groups in total. The summed E-state index contributed by atoms with van der Waals surface area (Å²) < 4.78 is 7.16. The number of hydrogen-bond acceptors (Lipinski definition) is 2. The van der Waals surface area contributed by atoms with Crippen LogP contribution in [0.1, 0.15) is 57.6 Å². The van der Waals surface area contributed by atoms with Crippen LogP contribution in [-0.2, 0) is 4.74 Å². The molecule has 0 heterocycles. The number of benzene rings is 1. The van der Waals surface area contributed by atoms with Crippen LogP contribution in [0.3, 0.4) is 0 Å². The topological polar surface area (TPSA) is 35.2 Å². The average Bonchev–Trinajstić information content (AvgIpc) is 2.42. The minimum Gasteiger partial charge on any atom is -0.369 e. The first-order valence-electron chi connectivity index (χ1n) is 7.29. The summed E-state index contributed by atoms with van der Waals surface area (Å²) in [6.45, 7) is 4.89. The zero-order valence-electron chi connectivity index (χ0n) is 12.1. The maximum Gasteiger partial charge on any atom is 0.0961 e. The Kier molecular flexibility index (Phi) is 8.35. The van der Waals surface area contributed by atoms with Crippen molar-refractivity contribution in [2.75, 3.05) is 6.54 Å². The summed E-state index contributed by atoms with van der Waals surface area (Å²) in [4.78, 5) is 0. The van der Waals surface area contributed by atoms with Crippen molar-refractivity contribution < 1.29 is 4.74 Å². The molecule has 1 aromatic carbocycles. The molecule has 2 unspecified atom stereocenters. The summed E-state index contributed by atoms with van der Waals surface area (Å²) in [6, 6.07) is 8.14. The van der Waals surface area contributed by atoms with Crippen LogP contribution in [0.4, 0.5) is 0 Å². The first-order valence-corrected chi connectivity index (χ1v) is 8.08. The normalized spacial score (nSPS) is 14.3. The fourth-order valence-electron chi connectivity index (χ4n) is 2.20.